The largest absolute Gasteiger partial charge is 0.466 e. The zero-order valence-electron chi connectivity index (χ0n) is 11.2. The third kappa shape index (κ3) is 9.49. The first-order valence-electron chi connectivity index (χ1n) is 6.44. The van der Waals surface area contributed by atoms with Crippen LogP contribution in [-0.4, -0.2) is 25.2 Å². The van der Waals surface area contributed by atoms with Crippen molar-refractivity contribution in [3.8, 4) is 0 Å². The summed E-state index contributed by atoms with van der Waals surface area (Å²) >= 11 is 0. The first-order valence-corrected chi connectivity index (χ1v) is 5.86. The van der Waals surface area contributed by atoms with E-state index < -0.39 is 12.4 Å². The second-order valence-electron chi connectivity index (χ2n) is 3.36. The van der Waals surface area contributed by atoms with Crippen molar-refractivity contribution in [2.24, 2.45) is 0 Å². The number of hydrogen-bond acceptors (Lipinski definition) is 4. The van der Waals surface area contributed by atoms with Crippen molar-refractivity contribution in [3.63, 3.8) is 0 Å². The van der Waals surface area contributed by atoms with Crippen LogP contribution in [0.2, 0.25) is 0 Å². The fourth-order valence-electron chi connectivity index (χ4n) is 1.24. The molecular formula is C12H22O4. The van der Waals surface area contributed by atoms with Gasteiger partial charge >= 0.3 is 11.9 Å². The summed E-state index contributed by atoms with van der Waals surface area (Å²) in [6.07, 6.45) is 2.43. The summed E-state index contributed by atoms with van der Waals surface area (Å²) in [7, 11) is 0. The van der Waals surface area contributed by atoms with E-state index in [1.807, 2.05) is 0 Å². The molecule has 0 fully saturated rings. The molecule has 0 spiro atoms. The van der Waals surface area contributed by atoms with E-state index >= 15 is 0 Å². The van der Waals surface area contributed by atoms with Gasteiger partial charge in [-0.2, -0.15) is 0 Å². The fraction of sp³-hybridized carbons (Fsp3) is 0.833. The predicted octanol–water partition coefficient (Wildman–Crippen LogP) is 2.45. The van der Waals surface area contributed by atoms with Gasteiger partial charge in [0.15, 0.2) is 0 Å². The summed E-state index contributed by atoms with van der Waals surface area (Å²) in [6, 6.07) is 0. The van der Waals surface area contributed by atoms with E-state index in [4.69, 9.17) is 10.8 Å². The lowest BCUT2D eigenvalue weighted by atomic mass is 10.1. The van der Waals surface area contributed by atoms with E-state index in [0.29, 0.717) is 26.1 Å². The number of rotatable bonds is 9. The maximum absolute atomic E-state index is 11.1. The molecular weight excluding hydrogens is 208 g/mol. The van der Waals surface area contributed by atoms with Gasteiger partial charge < -0.3 is 9.47 Å². The van der Waals surface area contributed by atoms with Crippen molar-refractivity contribution >= 4 is 11.9 Å². The highest BCUT2D eigenvalue weighted by molar-refractivity contribution is 5.69. The molecule has 0 saturated heterocycles. The van der Waals surface area contributed by atoms with Crippen LogP contribution >= 0.6 is 0 Å². The summed E-state index contributed by atoms with van der Waals surface area (Å²) in [5, 5.41) is 0. The zero-order valence-corrected chi connectivity index (χ0v) is 10.2. The minimum Gasteiger partial charge on any atom is -0.466 e. The van der Waals surface area contributed by atoms with Gasteiger partial charge in [0.05, 0.1) is 13.2 Å². The Morgan fingerprint density at radius 1 is 0.938 bits per heavy atom. The lowest BCUT2D eigenvalue weighted by Crippen LogP contribution is -2.04. The van der Waals surface area contributed by atoms with Crippen molar-refractivity contribution in [1.82, 2.24) is 0 Å². The van der Waals surface area contributed by atoms with Crippen LogP contribution in [0.4, 0.5) is 0 Å². The Bertz CT molecular complexity index is 231. The van der Waals surface area contributed by atoms with Gasteiger partial charge in [0.1, 0.15) is 0 Å². The minimum absolute atomic E-state index is 0.180. The molecule has 0 heterocycles. The molecule has 0 radical (unpaired) electrons. The lowest BCUT2D eigenvalue weighted by Gasteiger charge is -2.02. The van der Waals surface area contributed by atoms with Crippen LogP contribution in [0, 0.1) is 0 Å². The fourth-order valence-corrected chi connectivity index (χ4v) is 1.24. The molecule has 16 heavy (non-hydrogen) atoms. The number of carbonyl (C=O) groups is 2. The van der Waals surface area contributed by atoms with Crippen LogP contribution in [0.5, 0.6) is 0 Å². The normalized spacial score (nSPS) is 12.8. The van der Waals surface area contributed by atoms with Crippen LogP contribution in [0.15, 0.2) is 0 Å². The summed E-state index contributed by atoms with van der Waals surface area (Å²) in [5.41, 5.74) is 0. The van der Waals surface area contributed by atoms with Gasteiger partial charge in [0.2, 0.25) is 0 Å². The van der Waals surface area contributed by atoms with Crippen LogP contribution in [0.3, 0.4) is 0 Å². The minimum atomic E-state index is -0.794. The van der Waals surface area contributed by atoms with Crippen molar-refractivity contribution in [2.75, 3.05) is 13.2 Å². The zero-order chi connectivity index (χ0) is 13.1. The van der Waals surface area contributed by atoms with Gasteiger partial charge in [-0.25, -0.2) is 0 Å². The molecule has 0 aliphatic heterocycles. The summed E-state index contributed by atoms with van der Waals surface area (Å²) in [4.78, 5) is 22.1. The van der Waals surface area contributed by atoms with Crippen molar-refractivity contribution in [1.29, 1.82) is 0 Å². The molecule has 0 aliphatic rings. The maximum atomic E-state index is 11.1. The third-order valence-corrected chi connectivity index (χ3v) is 1.99. The molecule has 4 nitrogen and oxygen atoms in total. The van der Waals surface area contributed by atoms with Crippen LogP contribution < -0.4 is 0 Å². The average Bonchev–Trinajstić information content (AvgIpc) is 2.29. The van der Waals surface area contributed by atoms with Crippen molar-refractivity contribution in [2.45, 2.75) is 52.3 Å². The standard InChI is InChI=1S/C12H22O4/c1-3-15-11(13)9-7-5-6-8-10-12(14)16-4-2/h3-10H2,1-2H3/i9D. The number of ether oxygens (including phenoxy) is 2. The highest BCUT2D eigenvalue weighted by Gasteiger charge is 2.02. The molecule has 0 aliphatic carbocycles. The van der Waals surface area contributed by atoms with E-state index in [1.54, 1.807) is 13.8 Å². The van der Waals surface area contributed by atoms with Crippen LogP contribution in [0.1, 0.15) is 53.7 Å². The Kier molecular flexibility index (Phi) is 8.50. The van der Waals surface area contributed by atoms with Gasteiger partial charge in [-0.1, -0.05) is 12.8 Å². The molecule has 0 aromatic heterocycles. The summed E-state index contributed by atoms with van der Waals surface area (Å²) in [6.45, 7) is 4.24. The Morgan fingerprint density at radius 3 is 2.12 bits per heavy atom. The predicted molar refractivity (Wildman–Crippen MR) is 61.0 cm³/mol. The molecule has 0 aromatic rings. The summed E-state index contributed by atoms with van der Waals surface area (Å²) in [5.74, 6) is -0.641. The molecule has 1 atom stereocenters. The Balaban J connectivity index is 3.45. The number of hydrogen-bond donors (Lipinski definition) is 0. The molecule has 0 aromatic carbocycles. The quantitative estimate of drug-likeness (QED) is 0.452. The molecule has 0 N–H and O–H groups in total. The van der Waals surface area contributed by atoms with Crippen LogP contribution in [0.25, 0.3) is 0 Å². The number of unbranched alkanes of at least 4 members (excludes halogenated alkanes) is 2. The lowest BCUT2D eigenvalue weighted by molar-refractivity contribution is -0.144. The monoisotopic (exact) mass is 231 g/mol. The number of esters is 2. The van der Waals surface area contributed by atoms with Crippen LogP contribution in [-0.2, 0) is 19.1 Å². The SMILES string of the molecule is [2H]C(CCCCCC(=O)OCC)C(=O)OCC. The van der Waals surface area contributed by atoms with Gasteiger partial charge in [0.25, 0.3) is 0 Å². The van der Waals surface area contributed by atoms with E-state index in [1.165, 1.54) is 0 Å². The Labute approximate surface area is 98.7 Å². The second kappa shape index (κ2) is 10.5. The molecule has 1 unspecified atom stereocenters. The molecule has 4 heteroatoms. The van der Waals surface area contributed by atoms with Gasteiger partial charge in [-0.15, -0.1) is 0 Å². The number of carbonyl (C=O) groups excluding carboxylic acids is 2. The first kappa shape index (κ1) is 13.0. The van der Waals surface area contributed by atoms with E-state index in [9.17, 15) is 9.59 Å². The molecule has 0 amide bonds. The second-order valence-corrected chi connectivity index (χ2v) is 3.36. The molecule has 0 saturated carbocycles. The summed E-state index contributed by atoms with van der Waals surface area (Å²) < 4.78 is 17.0. The highest BCUT2D eigenvalue weighted by atomic mass is 16.5. The molecule has 0 rings (SSSR count). The van der Waals surface area contributed by atoms with E-state index in [2.05, 4.69) is 0 Å². The average molecular weight is 231 g/mol. The van der Waals surface area contributed by atoms with E-state index in [-0.39, 0.29) is 5.97 Å². The van der Waals surface area contributed by atoms with Gasteiger partial charge in [0, 0.05) is 14.2 Å². The Morgan fingerprint density at radius 2 is 1.50 bits per heavy atom. The van der Waals surface area contributed by atoms with Crippen molar-refractivity contribution in [3.05, 3.63) is 0 Å². The third-order valence-electron chi connectivity index (χ3n) is 1.99. The smallest absolute Gasteiger partial charge is 0.305 e. The van der Waals surface area contributed by atoms with Crippen molar-refractivity contribution < 1.29 is 20.4 Å². The van der Waals surface area contributed by atoms with Gasteiger partial charge in [-0.05, 0) is 26.7 Å². The highest BCUT2D eigenvalue weighted by Crippen LogP contribution is 2.06. The molecule has 0 bridgehead atoms. The van der Waals surface area contributed by atoms with E-state index in [0.717, 1.165) is 19.3 Å². The topological polar surface area (TPSA) is 52.6 Å². The molecule has 94 valence electrons. The first-order chi connectivity index (χ1) is 8.11. The maximum Gasteiger partial charge on any atom is 0.305 e. The Hall–Kier alpha value is -1.06. The van der Waals surface area contributed by atoms with Gasteiger partial charge in [-0.3, -0.25) is 9.59 Å².